The van der Waals surface area contributed by atoms with Crippen LogP contribution in [0.15, 0.2) is 51.8 Å². The van der Waals surface area contributed by atoms with Crippen LogP contribution < -0.4 is 4.72 Å². The van der Waals surface area contributed by atoms with Crippen LogP contribution in [0, 0.1) is 6.92 Å². The molecule has 0 radical (unpaired) electrons. The Balaban J connectivity index is 2.27. The number of benzene rings is 2. The maximum absolute atomic E-state index is 12.4. The summed E-state index contributed by atoms with van der Waals surface area (Å²) in [6.07, 6.45) is 0. The minimum atomic E-state index is -3.56. The lowest BCUT2D eigenvalue weighted by Gasteiger charge is -2.11. The molecule has 0 fully saturated rings. The Bertz CT molecular complexity index is 737. The number of hydrogen-bond donors (Lipinski definition) is 1. The molecule has 0 amide bonds. The summed E-state index contributed by atoms with van der Waals surface area (Å²) >= 11 is 3.40. The second kappa shape index (κ2) is 6.20. The van der Waals surface area contributed by atoms with Crippen molar-refractivity contribution in [3.05, 3.63) is 58.1 Å². The summed E-state index contributed by atoms with van der Waals surface area (Å²) < 4.78 is 28.2. The second-order valence-corrected chi connectivity index (χ2v) is 7.83. The summed E-state index contributed by atoms with van der Waals surface area (Å²) in [6.45, 7) is 6.10. The lowest BCUT2D eigenvalue weighted by molar-refractivity contribution is 0.601. The van der Waals surface area contributed by atoms with Gasteiger partial charge in [0.25, 0.3) is 10.0 Å². The van der Waals surface area contributed by atoms with Crippen LogP contribution in [0.1, 0.15) is 30.9 Å². The van der Waals surface area contributed by atoms with E-state index in [0.29, 0.717) is 11.6 Å². The van der Waals surface area contributed by atoms with Crippen LogP contribution in [0.2, 0.25) is 0 Å². The van der Waals surface area contributed by atoms with Crippen molar-refractivity contribution in [1.29, 1.82) is 0 Å². The van der Waals surface area contributed by atoms with Gasteiger partial charge in [-0.2, -0.15) is 0 Å². The van der Waals surface area contributed by atoms with Crippen molar-refractivity contribution in [2.45, 2.75) is 31.6 Å². The summed E-state index contributed by atoms with van der Waals surface area (Å²) in [7, 11) is -3.56. The van der Waals surface area contributed by atoms with Gasteiger partial charge in [-0.3, -0.25) is 4.72 Å². The highest BCUT2D eigenvalue weighted by atomic mass is 79.9. The molecule has 0 saturated carbocycles. The van der Waals surface area contributed by atoms with Crippen molar-refractivity contribution in [3.63, 3.8) is 0 Å². The van der Waals surface area contributed by atoms with Gasteiger partial charge in [0.05, 0.1) is 4.90 Å². The third kappa shape index (κ3) is 3.86. The van der Waals surface area contributed by atoms with Crippen molar-refractivity contribution in [3.8, 4) is 0 Å². The van der Waals surface area contributed by atoms with Crippen molar-refractivity contribution < 1.29 is 8.42 Å². The molecule has 0 spiro atoms. The monoisotopic (exact) mass is 367 g/mol. The van der Waals surface area contributed by atoms with Gasteiger partial charge >= 0.3 is 0 Å². The molecule has 1 N–H and O–H groups in total. The quantitative estimate of drug-likeness (QED) is 0.852. The van der Waals surface area contributed by atoms with Crippen molar-refractivity contribution in [1.82, 2.24) is 0 Å². The van der Waals surface area contributed by atoms with E-state index in [9.17, 15) is 8.42 Å². The second-order valence-electron chi connectivity index (χ2n) is 5.29. The highest BCUT2D eigenvalue weighted by Crippen LogP contribution is 2.24. The molecule has 5 heteroatoms. The third-order valence-electron chi connectivity index (χ3n) is 3.28. The lowest BCUT2D eigenvalue weighted by Crippen LogP contribution is -2.13. The molecule has 0 aliphatic carbocycles. The van der Waals surface area contributed by atoms with Crippen LogP contribution in [0.4, 0.5) is 5.69 Å². The van der Waals surface area contributed by atoms with Crippen LogP contribution in [-0.4, -0.2) is 8.42 Å². The molecule has 0 saturated heterocycles. The van der Waals surface area contributed by atoms with E-state index >= 15 is 0 Å². The molecule has 0 aliphatic rings. The predicted octanol–water partition coefficient (Wildman–Crippen LogP) is 4.68. The zero-order valence-corrected chi connectivity index (χ0v) is 14.6. The highest BCUT2D eigenvalue weighted by Gasteiger charge is 2.14. The molecule has 2 rings (SSSR count). The first-order valence-corrected chi connectivity index (χ1v) is 8.96. The number of sulfonamides is 1. The number of halogens is 1. The van der Waals surface area contributed by atoms with Crippen molar-refractivity contribution in [2.75, 3.05) is 4.72 Å². The number of hydrogen-bond acceptors (Lipinski definition) is 2. The molecule has 0 heterocycles. The Hall–Kier alpha value is -1.33. The first kappa shape index (κ1) is 16.0. The SMILES string of the molecule is Cc1ccc(NS(=O)(=O)c2ccc(C(C)C)cc2)cc1Br. The summed E-state index contributed by atoms with van der Waals surface area (Å²) in [5.41, 5.74) is 2.71. The van der Waals surface area contributed by atoms with Crippen LogP contribution in [0.25, 0.3) is 0 Å². The zero-order valence-electron chi connectivity index (χ0n) is 12.2. The number of aryl methyl sites for hydroxylation is 1. The number of rotatable bonds is 4. The smallest absolute Gasteiger partial charge is 0.261 e. The van der Waals surface area contributed by atoms with Gasteiger partial charge in [-0.25, -0.2) is 8.42 Å². The van der Waals surface area contributed by atoms with Crippen LogP contribution in [0.5, 0.6) is 0 Å². The molecular weight excluding hydrogens is 350 g/mol. The molecule has 0 bridgehead atoms. The Kier molecular flexibility index (Phi) is 4.74. The lowest BCUT2D eigenvalue weighted by atomic mass is 10.0. The highest BCUT2D eigenvalue weighted by molar-refractivity contribution is 9.10. The fourth-order valence-corrected chi connectivity index (χ4v) is 3.33. The van der Waals surface area contributed by atoms with Gasteiger partial charge in [0.2, 0.25) is 0 Å². The van der Waals surface area contributed by atoms with Gasteiger partial charge in [0, 0.05) is 10.2 Å². The van der Waals surface area contributed by atoms with E-state index in [-0.39, 0.29) is 4.90 Å². The van der Waals surface area contributed by atoms with E-state index in [1.54, 1.807) is 24.3 Å². The van der Waals surface area contributed by atoms with E-state index in [4.69, 9.17) is 0 Å². The maximum atomic E-state index is 12.4. The zero-order chi connectivity index (χ0) is 15.6. The molecule has 0 aromatic heterocycles. The fraction of sp³-hybridized carbons (Fsp3) is 0.250. The Morgan fingerprint density at radius 3 is 2.19 bits per heavy atom. The number of anilines is 1. The van der Waals surface area contributed by atoms with Gasteiger partial charge in [-0.15, -0.1) is 0 Å². The molecule has 3 nitrogen and oxygen atoms in total. The summed E-state index contributed by atoms with van der Waals surface area (Å²) in [5, 5.41) is 0. The largest absolute Gasteiger partial charge is 0.280 e. The van der Waals surface area contributed by atoms with Gasteiger partial charge in [-0.1, -0.05) is 48.0 Å². The average Bonchev–Trinajstić information content (AvgIpc) is 2.43. The van der Waals surface area contributed by atoms with Gasteiger partial charge in [0.1, 0.15) is 0 Å². The molecule has 112 valence electrons. The molecule has 2 aromatic rings. The summed E-state index contributed by atoms with van der Waals surface area (Å²) in [6, 6.07) is 12.4. The molecule has 2 aromatic carbocycles. The first-order chi connectivity index (χ1) is 9.79. The van der Waals surface area contributed by atoms with Gasteiger partial charge < -0.3 is 0 Å². The molecule has 0 unspecified atom stereocenters. The minimum absolute atomic E-state index is 0.267. The third-order valence-corrected chi connectivity index (χ3v) is 5.53. The van der Waals surface area contributed by atoms with Crippen LogP contribution in [0.3, 0.4) is 0 Å². The van der Waals surface area contributed by atoms with E-state index in [1.165, 1.54) is 0 Å². The van der Waals surface area contributed by atoms with E-state index in [2.05, 4.69) is 34.5 Å². The van der Waals surface area contributed by atoms with E-state index in [0.717, 1.165) is 15.6 Å². The van der Waals surface area contributed by atoms with Crippen molar-refractivity contribution in [2.24, 2.45) is 0 Å². The summed E-state index contributed by atoms with van der Waals surface area (Å²) in [5.74, 6) is 0.378. The predicted molar refractivity (Wildman–Crippen MR) is 90.2 cm³/mol. The van der Waals surface area contributed by atoms with Gasteiger partial charge in [-0.05, 0) is 48.2 Å². The van der Waals surface area contributed by atoms with Gasteiger partial charge in [0.15, 0.2) is 0 Å². The molecular formula is C16H18BrNO2S. The molecule has 0 atom stereocenters. The first-order valence-electron chi connectivity index (χ1n) is 6.68. The minimum Gasteiger partial charge on any atom is -0.280 e. The Morgan fingerprint density at radius 2 is 1.67 bits per heavy atom. The summed E-state index contributed by atoms with van der Waals surface area (Å²) in [4.78, 5) is 0.267. The topological polar surface area (TPSA) is 46.2 Å². The normalized spacial score (nSPS) is 11.7. The number of nitrogens with one attached hydrogen (secondary N) is 1. The van der Waals surface area contributed by atoms with Crippen LogP contribution >= 0.6 is 15.9 Å². The fourth-order valence-electron chi connectivity index (χ4n) is 1.90. The van der Waals surface area contributed by atoms with E-state index < -0.39 is 10.0 Å². The van der Waals surface area contributed by atoms with E-state index in [1.807, 2.05) is 25.1 Å². The Labute approximate surface area is 134 Å². The van der Waals surface area contributed by atoms with Crippen LogP contribution in [-0.2, 0) is 10.0 Å². The average molecular weight is 368 g/mol. The molecule has 0 aliphatic heterocycles. The maximum Gasteiger partial charge on any atom is 0.261 e. The Morgan fingerprint density at radius 1 is 1.05 bits per heavy atom. The van der Waals surface area contributed by atoms with Crippen molar-refractivity contribution >= 4 is 31.6 Å². The standard InChI is InChI=1S/C16H18BrNO2S/c1-11(2)13-5-8-15(9-6-13)21(19,20)18-14-7-4-12(3)16(17)10-14/h4-11,18H,1-3H3. The molecule has 21 heavy (non-hydrogen) atoms.